The number of aromatic nitrogens is 2. The highest BCUT2D eigenvalue weighted by atomic mass is 32.2. The molecular formula is C17H21N3O6S2. The number of esters is 2. The van der Waals surface area contributed by atoms with Crippen molar-refractivity contribution < 1.29 is 28.4 Å². The fourth-order valence-electron chi connectivity index (χ4n) is 2.05. The van der Waals surface area contributed by atoms with Gasteiger partial charge in [0.1, 0.15) is 5.00 Å². The van der Waals surface area contributed by atoms with Crippen LogP contribution in [0, 0.1) is 6.92 Å². The number of hydrogen-bond acceptors (Lipinski definition) is 10. The van der Waals surface area contributed by atoms with E-state index >= 15 is 0 Å². The highest BCUT2D eigenvalue weighted by Crippen LogP contribution is 2.29. The summed E-state index contributed by atoms with van der Waals surface area (Å²) in [6.45, 7) is 5.13. The van der Waals surface area contributed by atoms with Crippen molar-refractivity contribution in [3.8, 4) is 0 Å². The highest BCUT2D eigenvalue weighted by molar-refractivity contribution is 7.99. The summed E-state index contributed by atoms with van der Waals surface area (Å²) in [4.78, 5) is 40.8. The number of thioether (sulfide) groups is 1. The zero-order chi connectivity index (χ0) is 20.5. The second-order valence-electron chi connectivity index (χ2n) is 5.46. The van der Waals surface area contributed by atoms with E-state index < -0.39 is 24.5 Å². The van der Waals surface area contributed by atoms with Gasteiger partial charge in [-0.15, -0.1) is 23.1 Å². The number of anilines is 1. The predicted molar refractivity (Wildman–Crippen MR) is 104 cm³/mol. The van der Waals surface area contributed by atoms with Crippen molar-refractivity contribution in [1.82, 2.24) is 10.1 Å². The molecule has 2 aromatic rings. The molecule has 0 saturated heterocycles. The summed E-state index contributed by atoms with van der Waals surface area (Å²) >= 11 is 2.54. The van der Waals surface area contributed by atoms with Gasteiger partial charge in [-0.25, -0.2) is 4.79 Å². The first kappa shape index (κ1) is 21.9. The zero-order valence-corrected chi connectivity index (χ0v) is 17.4. The van der Waals surface area contributed by atoms with Crippen LogP contribution in [0.1, 0.15) is 40.8 Å². The lowest BCUT2D eigenvalue weighted by Crippen LogP contribution is -2.22. The molecule has 1 amide bonds. The maximum Gasteiger partial charge on any atom is 0.341 e. The quantitative estimate of drug-likeness (QED) is 0.570. The van der Waals surface area contributed by atoms with Gasteiger partial charge in [0.25, 0.3) is 5.91 Å². The molecule has 0 aliphatic carbocycles. The van der Waals surface area contributed by atoms with Crippen LogP contribution in [0.15, 0.2) is 10.6 Å². The van der Waals surface area contributed by atoms with E-state index in [1.807, 2.05) is 6.92 Å². The van der Waals surface area contributed by atoms with E-state index in [0.29, 0.717) is 28.0 Å². The van der Waals surface area contributed by atoms with Crippen LogP contribution in [0.5, 0.6) is 0 Å². The lowest BCUT2D eigenvalue weighted by molar-refractivity contribution is -0.144. The number of ether oxygens (including phenoxy) is 2. The Morgan fingerprint density at radius 2 is 2.07 bits per heavy atom. The van der Waals surface area contributed by atoms with Crippen molar-refractivity contribution in [3.63, 3.8) is 0 Å². The Morgan fingerprint density at radius 3 is 2.71 bits per heavy atom. The number of hydrogen-bond donors (Lipinski definition) is 1. The van der Waals surface area contributed by atoms with E-state index in [1.165, 1.54) is 23.1 Å². The van der Waals surface area contributed by atoms with Gasteiger partial charge < -0.3 is 19.3 Å². The second kappa shape index (κ2) is 10.8. The van der Waals surface area contributed by atoms with Crippen LogP contribution >= 0.6 is 23.1 Å². The lowest BCUT2D eigenvalue weighted by atomic mass is 10.2. The molecule has 0 aliphatic rings. The van der Waals surface area contributed by atoms with E-state index in [0.717, 1.165) is 11.3 Å². The van der Waals surface area contributed by atoms with Crippen LogP contribution in [-0.4, -0.2) is 47.0 Å². The lowest BCUT2D eigenvalue weighted by Gasteiger charge is -2.07. The molecule has 2 aromatic heterocycles. The van der Waals surface area contributed by atoms with Crippen molar-refractivity contribution in [1.29, 1.82) is 0 Å². The summed E-state index contributed by atoms with van der Waals surface area (Å²) in [6, 6.07) is 1.70. The van der Waals surface area contributed by atoms with Crippen molar-refractivity contribution in [2.75, 3.05) is 24.3 Å². The summed E-state index contributed by atoms with van der Waals surface area (Å²) < 4.78 is 14.8. The predicted octanol–water partition coefficient (Wildman–Crippen LogP) is 2.59. The minimum absolute atomic E-state index is 0.0495. The molecule has 0 saturated carbocycles. The van der Waals surface area contributed by atoms with Gasteiger partial charge in [0, 0.05) is 11.8 Å². The van der Waals surface area contributed by atoms with Crippen LogP contribution in [0.3, 0.4) is 0 Å². The number of carbonyl (C=O) groups excluding carboxylic acids is 3. The summed E-state index contributed by atoms with van der Waals surface area (Å²) in [5, 5.41) is 6.71. The number of nitrogens with zero attached hydrogens (tertiary/aromatic N) is 2. The number of thiophene rings is 1. The Morgan fingerprint density at radius 1 is 1.29 bits per heavy atom. The van der Waals surface area contributed by atoms with E-state index in [4.69, 9.17) is 14.0 Å². The molecule has 0 radical (unpaired) electrons. The summed E-state index contributed by atoms with van der Waals surface area (Å²) in [6.07, 6.45) is 0.721. The molecule has 0 unspecified atom stereocenters. The molecule has 11 heteroatoms. The molecule has 152 valence electrons. The van der Waals surface area contributed by atoms with E-state index in [-0.39, 0.29) is 12.4 Å². The SMILES string of the molecule is CCOC(=O)c1cc(CC)sc1NC(=O)COC(=O)CSCc1noc(C)n1. The van der Waals surface area contributed by atoms with Gasteiger partial charge in [0.2, 0.25) is 5.89 Å². The van der Waals surface area contributed by atoms with Crippen molar-refractivity contribution in [3.05, 3.63) is 28.2 Å². The molecule has 28 heavy (non-hydrogen) atoms. The van der Waals surface area contributed by atoms with Gasteiger partial charge in [-0.3, -0.25) is 9.59 Å². The molecule has 0 atom stereocenters. The molecule has 0 aromatic carbocycles. The van der Waals surface area contributed by atoms with Crippen LogP contribution in [0.25, 0.3) is 0 Å². The highest BCUT2D eigenvalue weighted by Gasteiger charge is 2.19. The number of aryl methyl sites for hydroxylation is 2. The van der Waals surface area contributed by atoms with E-state index in [9.17, 15) is 14.4 Å². The van der Waals surface area contributed by atoms with E-state index in [1.54, 1.807) is 19.9 Å². The topological polar surface area (TPSA) is 121 Å². The fourth-order valence-corrected chi connectivity index (χ4v) is 3.70. The number of nitrogens with one attached hydrogen (secondary N) is 1. The van der Waals surface area contributed by atoms with Crippen LogP contribution in [-0.2, 0) is 31.2 Å². The monoisotopic (exact) mass is 427 g/mol. The van der Waals surface area contributed by atoms with Gasteiger partial charge in [0.05, 0.1) is 23.7 Å². The molecule has 0 bridgehead atoms. The third kappa shape index (κ3) is 6.64. The third-order valence-corrected chi connectivity index (χ3v) is 5.36. The van der Waals surface area contributed by atoms with Crippen molar-refractivity contribution in [2.24, 2.45) is 0 Å². The van der Waals surface area contributed by atoms with Crippen molar-refractivity contribution in [2.45, 2.75) is 32.9 Å². The largest absolute Gasteiger partial charge is 0.462 e. The van der Waals surface area contributed by atoms with Crippen LogP contribution in [0.4, 0.5) is 5.00 Å². The normalized spacial score (nSPS) is 10.5. The second-order valence-corrected chi connectivity index (χ2v) is 7.58. The average Bonchev–Trinajstić information content (AvgIpc) is 3.26. The summed E-state index contributed by atoms with van der Waals surface area (Å²) in [5.74, 6) is -0.168. The molecule has 0 spiro atoms. The van der Waals surface area contributed by atoms with Gasteiger partial charge in [-0.1, -0.05) is 12.1 Å². The third-order valence-electron chi connectivity index (χ3n) is 3.26. The van der Waals surface area contributed by atoms with Gasteiger partial charge in [0.15, 0.2) is 12.4 Å². The molecule has 0 aliphatic heterocycles. The first-order valence-corrected chi connectivity index (χ1v) is 10.5. The van der Waals surface area contributed by atoms with Gasteiger partial charge >= 0.3 is 11.9 Å². The summed E-state index contributed by atoms with van der Waals surface area (Å²) in [5.41, 5.74) is 0.300. The minimum Gasteiger partial charge on any atom is -0.462 e. The van der Waals surface area contributed by atoms with Crippen molar-refractivity contribution >= 4 is 45.9 Å². The first-order chi connectivity index (χ1) is 13.4. The molecule has 2 heterocycles. The molecule has 1 N–H and O–H groups in total. The number of amides is 1. The smallest absolute Gasteiger partial charge is 0.341 e. The maximum atomic E-state index is 12.1. The Hall–Kier alpha value is -2.40. The summed E-state index contributed by atoms with van der Waals surface area (Å²) in [7, 11) is 0. The Bertz CT molecular complexity index is 833. The fraction of sp³-hybridized carbons (Fsp3) is 0.471. The average molecular weight is 428 g/mol. The minimum atomic E-state index is -0.536. The van der Waals surface area contributed by atoms with Gasteiger partial charge in [-0.2, -0.15) is 4.98 Å². The Balaban J connectivity index is 1.79. The zero-order valence-electron chi connectivity index (χ0n) is 15.8. The number of carbonyl (C=O) groups is 3. The van der Waals surface area contributed by atoms with Gasteiger partial charge in [-0.05, 0) is 19.4 Å². The standard InChI is InChI=1S/C17H21N3O6S2/c1-4-11-6-12(17(23)24-5-2)16(28-11)19-14(21)7-25-15(22)9-27-8-13-18-10(3)26-20-13/h6H,4-5,7-9H2,1-3H3,(H,19,21). The maximum absolute atomic E-state index is 12.1. The first-order valence-electron chi connectivity index (χ1n) is 8.55. The van der Waals surface area contributed by atoms with Crippen LogP contribution in [0.2, 0.25) is 0 Å². The molecule has 9 nitrogen and oxygen atoms in total. The van der Waals surface area contributed by atoms with Crippen LogP contribution < -0.4 is 5.32 Å². The molecule has 2 rings (SSSR count). The van der Waals surface area contributed by atoms with E-state index in [2.05, 4.69) is 15.5 Å². The Labute approximate surface area is 170 Å². The Kier molecular flexibility index (Phi) is 8.45. The molecule has 0 fully saturated rings. The number of rotatable bonds is 10. The molecular weight excluding hydrogens is 406 g/mol.